The molecule has 0 aliphatic heterocycles. The van der Waals surface area contributed by atoms with Gasteiger partial charge in [0.15, 0.2) is 0 Å². The Hall–Kier alpha value is -1.88. The van der Waals surface area contributed by atoms with E-state index in [9.17, 15) is 10.1 Å². The lowest BCUT2D eigenvalue weighted by molar-refractivity contribution is -0.385. The van der Waals surface area contributed by atoms with E-state index >= 15 is 0 Å². The SMILES string of the molecule is O=[N+]([O-])c1[c]cc(Oc2ccc(Br)cc2)cc1. The highest BCUT2D eigenvalue weighted by atomic mass is 79.9. The van der Waals surface area contributed by atoms with Gasteiger partial charge in [0.05, 0.1) is 11.0 Å². The molecule has 0 unspecified atom stereocenters. The fourth-order valence-corrected chi connectivity index (χ4v) is 1.48. The van der Waals surface area contributed by atoms with E-state index in [0.29, 0.717) is 11.5 Å². The lowest BCUT2D eigenvalue weighted by Gasteiger charge is -2.04. The van der Waals surface area contributed by atoms with Gasteiger partial charge >= 0.3 is 0 Å². The number of ether oxygens (including phenoxy) is 1. The number of nitro groups is 1. The molecular weight excluding hydrogens is 286 g/mol. The molecule has 0 heterocycles. The molecule has 4 nitrogen and oxygen atoms in total. The quantitative estimate of drug-likeness (QED) is 0.636. The molecular formula is C12H7BrNO3. The van der Waals surface area contributed by atoms with Crippen LogP contribution in [0.2, 0.25) is 0 Å². The average molecular weight is 293 g/mol. The Kier molecular flexibility index (Phi) is 3.39. The molecule has 0 spiro atoms. The molecule has 0 aromatic heterocycles. The van der Waals surface area contributed by atoms with E-state index in [-0.39, 0.29) is 5.69 Å². The summed E-state index contributed by atoms with van der Waals surface area (Å²) in [6, 6.07) is 14.2. The van der Waals surface area contributed by atoms with Crippen LogP contribution in [-0.4, -0.2) is 4.92 Å². The van der Waals surface area contributed by atoms with E-state index in [2.05, 4.69) is 22.0 Å². The summed E-state index contributed by atoms with van der Waals surface area (Å²) in [6.45, 7) is 0. The van der Waals surface area contributed by atoms with Crippen molar-refractivity contribution in [1.82, 2.24) is 0 Å². The van der Waals surface area contributed by atoms with Crippen LogP contribution in [0.25, 0.3) is 0 Å². The summed E-state index contributed by atoms with van der Waals surface area (Å²) in [7, 11) is 0. The molecule has 0 saturated heterocycles. The Morgan fingerprint density at radius 3 is 2.29 bits per heavy atom. The molecule has 17 heavy (non-hydrogen) atoms. The summed E-state index contributed by atoms with van der Waals surface area (Å²) in [4.78, 5) is 9.94. The molecule has 0 aliphatic rings. The van der Waals surface area contributed by atoms with Crippen LogP contribution in [0.5, 0.6) is 11.5 Å². The molecule has 5 heteroatoms. The molecule has 0 atom stereocenters. The molecule has 2 aromatic rings. The monoisotopic (exact) mass is 292 g/mol. The molecule has 0 amide bonds. The number of non-ortho nitro benzene ring substituents is 1. The lowest BCUT2D eigenvalue weighted by atomic mass is 10.3. The van der Waals surface area contributed by atoms with Crippen molar-refractivity contribution in [1.29, 1.82) is 0 Å². The molecule has 0 saturated carbocycles. The largest absolute Gasteiger partial charge is 0.457 e. The summed E-state index contributed by atoms with van der Waals surface area (Å²) in [5, 5.41) is 10.4. The van der Waals surface area contributed by atoms with Crippen molar-refractivity contribution >= 4 is 21.6 Å². The maximum absolute atomic E-state index is 10.4. The van der Waals surface area contributed by atoms with Crippen LogP contribution in [0.3, 0.4) is 0 Å². The van der Waals surface area contributed by atoms with Crippen molar-refractivity contribution in [2.24, 2.45) is 0 Å². The van der Waals surface area contributed by atoms with Gasteiger partial charge in [-0.05, 0) is 36.4 Å². The van der Waals surface area contributed by atoms with Crippen molar-refractivity contribution in [3.8, 4) is 11.5 Å². The first-order valence-corrected chi connectivity index (χ1v) is 5.54. The van der Waals surface area contributed by atoms with E-state index in [1.807, 2.05) is 12.1 Å². The van der Waals surface area contributed by atoms with Gasteiger partial charge in [-0.25, -0.2) is 0 Å². The summed E-state index contributed by atoms with van der Waals surface area (Å²) >= 11 is 3.32. The predicted molar refractivity (Wildman–Crippen MR) is 66.1 cm³/mol. The van der Waals surface area contributed by atoms with Crippen LogP contribution in [0, 0.1) is 16.2 Å². The molecule has 2 rings (SSSR count). The van der Waals surface area contributed by atoms with Crippen molar-refractivity contribution in [3.05, 3.63) is 63.1 Å². The molecule has 2 aromatic carbocycles. The number of hydrogen-bond donors (Lipinski definition) is 0. The zero-order valence-electron chi connectivity index (χ0n) is 8.59. The predicted octanol–water partition coefficient (Wildman–Crippen LogP) is 3.95. The maximum Gasteiger partial charge on any atom is 0.277 e. The minimum absolute atomic E-state index is 0.0758. The van der Waals surface area contributed by atoms with E-state index in [1.165, 1.54) is 18.2 Å². The lowest BCUT2D eigenvalue weighted by Crippen LogP contribution is -1.88. The van der Waals surface area contributed by atoms with E-state index in [4.69, 9.17) is 4.74 Å². The van der Waals surface area contributed by atoms with Crippen molar-refractivity contribution < 1.29 is 9.66 Å². The summed E-state index contributed by atoms with van der Waals surface area (Å²) in [5.41, 5.74) is -0.0758. The number of halogens is 1. The van der Waals surface area contributed by atoms with Crippen molar-refractivity contribution in [2.75, 3.05) is 0 Å². The van der Waals surface area contributed by atoms with Crippen LogP contribution < -0.4 is 4.74 Å². The third-order valence-electron chi connectivity index (χ3n) is 2.01. The highest BCUT2D eigenvalue weighted by Crippen LogP contribution is 2.24. The Bertz CT molecular complexity index is 522. The standard InChI is InChI=1S/C12H7BrNO3/c13-9-1-5-11(6-2-9)17-12-7-3-10(4-8-12)14(15)16/h1-3,5-8H. The Balaban J connectivity index is 2.13. The first kappa shape index (κ1) is 11.6. The van der Waals surface area contributed by atoms with Crippen molar-refractivity contribution in [3.63, 3.8) is 0 Å². The van der Waals surface area contributed by atoms with Crippen LogP contribution >= 0.6 is 15.9 Å². The summed E-state index contributed by atoms with van der Waals surface area (Å²) < 4.78 is 6.45. The minimum Gasteiger partial charge on any atom is -0.457 e. The molecule has 85 valence electrons. The molecule has 0 N–H and O–H groups in total. The molecule has 0 fully saturated rings. The van der Waals surface area contributed by atoms with Crippen molar-refractivity contribution in [2.45, 2.75) is 0 Å². The Labute approximate surface area is 106 Å². The third kappa shape index (κ3) is 3.04. The fourth-order valence-electron chi connectivity index (χ4n) is 1.22. The minimum atomic E-state index is -0.497. The van der Waals surface area contributed by atoms with Gasteiger partial charge in [0, 0.05) is 10.5 Å². The second kappa shape index (κ2) is 4.97. The Morgan fingerprint density at radius 1 is 1.12 bits per heavy atom. The first-order valence-electron chi connectivity index (χ1n) is 4.75. The fraction of sp³-hybridized carbons (Fsp3) is 0. The van der Waals surface area contributed by atoms with E-state index < -0.39 is 4.92 Å². The van der Waals surface area contributed by atoms with E-state index in [0.717, 1.165) is 4.47 Å². The maximum atomic E-state index is 10.4. The van der Waals surface area contributed by atoms with Crippen LogP contribution in [0.4, 0.5) is 5.69 Å². The first-order chi connectivity index (χ1) is 8.15. The van der Waals surface area contributed by atoms with Gasteiger partial charge < -0.3 is 4.74 Å². The Morgan fingerprint density at radius 2 is 1.76 bits per heavy atom. The van der Waals surface area contributed by atoms with Crippen LogP contribution in [0.1, 0.15) is 0 Å². The van der Waals surface area contributed by atoms with Gasteiger partial charge in [0.1, 0.15) is 11.5 Å². The number of nitro benzene ring substituents is 1. The number of benzene rings is 2. The van der Waals surface area contributed by atoms with Gasteiger partial charge in [0.2, 0.25) is 0 Å². The zero-order chi connectivity index (χ0) is 12.3. The normalized spacial score (nSPS) is 9.94. The van der Waals surface area contributed by atoms with Gasteiger partial charge in [-0.15, -0.1) is 0 Å². The van der Waals surface area contributed by atoms with Gasteiger partial charge in [-0.2, -0.15) is 0 Å². The summed E-state index contributed by atoms with van der Waals surface area (Å²) in [5.74, 6) is 1.17. The van der Waals surface area contributed by atoms with Crippen LogP contribution in [-0.2, 0) is 0 Å². The second-order valence-electron chi connectivity index (χ2n) is 3.22. The van der Waals surface area contributed by atoms with Gasteiger partial charge in [0.25, 0.3) is 5.69 Å². The highest BCUT2D eigenvalue weighted by Gasteiger charge is 2.05. The molecule has 0 aliphatic carbocycles. The average Bonchev–Trinajstić information content (AvgIpc) is 2.33. The second-order valence-corrected chi connectivity index (χ2v) is 4.14. The third-order valence-corrected chi connectivity index (χ3v) is 2.54. The van der Waals surface area contributed by atoms with Gasteiger partial charge in [-0.1, -0.05) is 15.9 Å². The topological polar surface area (TPSA) is 52.4 Å². The number of nitrogens with zero attached hydrogens (tertiary/aromatic N) is 1. The summed E-state index contributed by atoms with van der Waals surface area (Å²) in [6.07, 6.45) is 0. The van der Waals surface area contributed by atoms with Crippen LogP contribution in [0.15, 0.2) is 46.9 Å². The zero-order valence-corrected chi connectivity index (χ0v) is 10.2. The number of rotatable bonds is 3. The smallest absolute Gasteiger partial charge is 0.277 e. The molecule has 0 bridgehead atoms. The van der Waals surface area contributed by atoms with E-state index in [1.54, 1.807) is 12.1 Å². The number of hydrogen-bond acceptors (Lipinski definition) is 3. The highest BCUT2D eigenvalue weighted by molar-refractivity contribution is 9.10. The van der Waals surface area contributed by atoms with Gasteiger partial charge in [-0.3, -0.25) is 10.1 Å². The molecule has 1 radical (unpaired) electrons.